The van der Waals surface area contributed by atoms with E-state index in [0.717, 1.165) is 17.7 Å². The molecule has 2 rings (SSSR count). The molecular formula is C15H13Cl3FN. The molecule has 0 fully saturated rings. The van der Waals surface area contributed by atoms with Gasteiger partial charge in [0.15, 0.2) is 0 Å². The van der Waals surface area contributed by atoms with Gasteiger partial charge in [0, 0.05) is 6.04 Å². The Morgan fingerprint density at radius 2 is 1.60 bits per heavy atom. The van der Waals surface area contributed by atoms with Gasteiger partial charge in [0.25, 0.3) is 0 Å². The third kappa shape index (κ3) is 4.02. The first-order valence-corrected chi connectivity index (χ1v) is 7.24. The summed E-state index contributed by atoms with van der Waals surface area (Å²) < 4.78 is 12.8. The van der Waals surface area contributed by atoms with Gasteiger partial charge in [-0.2, -0.15) is 0 Å². The van der Waals surface area contributed by atoms with Crippen LogP contribution in [0.2, 0.25) is 15.1 Å². The van der Waals surface area contributed by atoms with E-state index in [0.29, 0.717) is 15.1 Å². The summed E-state index contributed by atoms with van der Waals surface area (Å²) in [5.41, 5.74) is 1.78. The average Bonchev–Trinajstić information content (AvgIpc) is 2.39. The summed E-state index contributed by atoms with van der Waals surface area (Å²) in [7, 11) is 0. The normalized spacial score (nSPS) is 12.2. The predicted octanol–water partition coefficient (Wildman–Crippen LogP) is 5.83. The fourth-order valence-electron chi connectivity index (χ4n) is 1.92. The number of benzene rings is 2. The molecule has 0 heterocycles. The van der Waals surface area contributed by atoms with Gasteiger partial charge in [-0.25, -0.2) is 4.39 Å². The van der Waals surface area contributed by atoms with Crippen LogP contribution in [-0.4, -0.2) is 6.04 Å². The van der Waals surface area contributed by atoms with Gasteiger partial charge in [-0.05, 0) is 43.2 Å². The number of anilines is 1. The van der Waals surface area contributed by atoms with E-state index in [4.69, 9.17) is 34.8 Å². The van der Waals surface area contributed by atoms with E-state index >= 15 is 0 Å². The van der Waals surface area contributed by atoms with Crippen molar-refractivity contribution in [2.45, 2.75) is 19.4 Å². The second-order valence-corrected chi connectivity index (χ2v) is 5.84. The maximum Gasteiger partial charge on any atom is 0.123 e. The summed E-state index contributed by atoms with van der Waals surface area (Å²) in [5.74, 6) is -0.234. The summed E-state index contributed by atoms with van der Waals surface area (Å²) in [4.78, 5) is 0. The molecular weight excluding hydrogens is 320 g/mol. The minimum Gasteiger partial charge on any atom is -0.381 e. The number of hydrogen-bond acceptors (Lipinski definition) is 1. The highest BCUT2D eigenvalue weighted by Gasteiger charge is 2.09. The fraction of sp³-hybridized carbons (Fsp3) is 0.200. The van der Waals surface area contributed by atoms with Gasteiger partial charge in [0.2, 0.25) is 0 Å². The molecule has 0 spiro atoms. The Hall–Kier alpha value is -0.960. The second kappa shape index (κ2) is 6.66. The van der Waals surface area contributed by atoms with Crippen LogP contribution in [0.15, 0.2) is 36.4 Å². The summed E-state index contributed by atoms with van der Waals surface area (Å²) in [6, 6.07) is 9.87. The summed E-state index contributed by atoms with van der Waals surface area (Å²) >= 11 is 18.0. The van der Waals surface area contributed by atoms with Crippen molar-refractivity contribution in [1.82, 2.24) is 0 Å². The molecule has 1 atom stereocenters. The van der Waals surface area contributed by atoms with Crippen molar-refractivity contribution in [3.05, 3.63) is 62.8 Å². The Balaban J connectivity index is 2.06. The van der Waals surface area contributed by atoms with E-state index < -0.39 is 0 Å². The van der Waals surface area contributed by atoms with Gasteiger partial charge in [0.1, 0.15) is 5.82 Å². The molecule has 1 nitrogen and oxygen atoms in total. The Kier molecular flexibility index (Phi) is 5.14. The average molecular weight is 333 g/mol. The van der Waals surface area contributed by atoms with Crippen molar-refractivity contribution >= 4 is 40.5 Å². The number of halogens is 4. The molecule has 20 heavy (non-hydrogen) atoms. The first kappa shape index (κ1) is 15.4. The van der Waals surface area contributed by atoms with Gasteiger partial charge in [0.05, 0.1) is 20.8 Å². The van der Waals surface area contributed by atoms with Gasteiger partial charge in [-0.1, -0.05) is 46.9 Å². The number of nitrogens with one attached hydrogen (secondary N) is 1. The van der Waals surface area contributed by atoms with Gasteiger partial charge in [-0.3, -0.25) is 0 Å². The highest BCUT2D eigenvalue weighted by Crippen LogP contribution is 2.32. The molecule has 0 saturated carbocycles. The zero-order valence-electron chi connectivity index (χ0n) is 10.8. The lowest BCUT2D eigenvalue weighted by Gasteiger charge is -2.17. The Labute approximate surface area is 132 Å². The molecule has 0 aliphatic carbocycles. The summed E-state index contributed by atoms with van der Waals surface area (Å²) in [5, 5.41) is 4.67. The van der Waals surface area contributed by atoms with Crippen molar-refractivity contribution in [2.24, 2.45) is 0 Å². The zero-order valence-corrected chi connectivity index (χ0v) is 13.0. The fourth-order valence-corrected chi connectivity index (χ4v) is 2.53. The van der Waals surface area contributed by atoms with Crippen LogP contribution in [0.1, 0.15) is 12.5 Å². The van der Waals surface area contributed by atoms with E-state index in [2.05, 4.69) is 5.32 Å². The Morgan fingerprint density at radius 3 is 2.25 bits per heavy atom. The molecule has 0 bridgehead atoms. The van der Waals surface area contributed by atoms with Crippen molar-refractivity contribution in [3.63, 3.8) is 0 Å². The molecule has 0 aliphatic heterocycles. The molecule has 0 amide bonds. The van der Waals surface area contributed by atoms with E-state index in [-0.39, 0.29) is 11.9 Å². The molecule has 106 valence electrons. The third-order valence-electron chi connectivity index (χ3n) is 2.87. The monoisotopic (exact) mass is 331 g/mol. The van der Waals surface area contributed by atoms with Crippen LogP contribution < -0.4 is 5.32 Å². The van der Waals surface area contributed by atoms with Crippen LogP contribution in [0.4, 0.5) is 10.1 Å². The van der Waals surface area contributed by atoms with Crippen molar-refractivity contribution in [2.75, 3.05) is 5.32 Å². The van der Waals surface area contributed by atoms with Crippen LogP contribution in [0.3, 0.4) is 0 Å². The SMILES string of the molecule is CC(Cc1ccc(F)cc1)Nc1cc(Cl)c(Cl)cc1Cl. The standard InChI is InChI=1S/C15H13Cl3FN/c1-9(6-10-2-4-11(19)5-3-10)20-15-8-13(17)12(16)7-14(15)18/h2-5,7-9,20H,6H2,1H3. The molecule has 1 N–H and O–H groups in total. The Morgan fingerprint density at radius 1 is 1.00 bits per heavy atom. The van der Waals surface area contributed by atoms with Gasteiger partial charge < -0.3 is 5.32 Å². The lowest BCUT2D eigenvalue weighted by Crippen LogP contribution is -2.18. The number of hydrogen-bond donors (Lipinski definition) is 1. The zero-order chi connectivity index (χ0) is 14.7. The smallest absolute Gasteiger partial charge is 0.123 e. The molecule has 0 radical (unpaired) electrons. The molecule has 0 aromatic heterocycles. The Bertz CT molecular complexity index is 599. The second-order valence-electron chi connectivity index (χ2n) is 4.62. The quantitative estimate of drug-likeness (QED) is 0.695. The molecule has 0 saturated heterocycles. The first-order valence-electron chi connectivity index (χ1n) is 6.11. The highest BCUT2D eigenvalue weighted by molar-refractivity contribution is 6.44. The van der Waals surface area contributed by atoms with Crippen molar-refractivity contribution in [3.8, 4) is 0 Å². The lowest BCUT2D eigenvalue weighted by molar-refractivity contribution is 0.626. The van der Waals surface area contributed by atoms with Crippen LogP contribution in [0.25, 0.3) is 0 Å². The number of rotatable bonds is 4. The van der Waals surface area contributed by atoms with Gasteiger partial charge >= 0.3 is 0 Å². The molecule has 5 heteroatoms. The topological polar surface area (TPSA) is 12.0 Å². The molecule has 2 aromatic rings. The third-order valence-corrected chi connectivity index (χ3v) is 3.90. The van der Waals surface area contributed by atoms with E-state index in [9.17, 15) is 4.39 Å². The molecule has 0 aliphatic rings. The molecule has 1 unspecified atom stereocenters. The van der Waals surface area contributed by atoms with Crippen molar-refractivity contribution in [1.29, 1.82) is 0 Å². The van der Waals surface area contributed by atoms with Crippen LogP contribution in [0.5, 0.6) is 0 Å². The van der Waals surface area contributed by atoms with Crippen LogP contribution in [-0.2, 0) is 6.42 Å². The van der Waals surface area contributed by atoms with E-state index in [1.54, 1.807) is 24.3 Å². The summed E-state index contributed by atoms with van der Waals surface area (Å²) in [6.45, 7) is 2.02. The van der Waals surface area contributed by atoms with Crippen LogP contribution in [0, 0.1) is 5.82 Å². The maximum absolute atomic E-state index is 12.8. The predicted molar refractivity (Wildman–Crippen MR) is 84.7 cm³/mol. The lowest BCUT2D eigenvalue weighted by atomic mass is 10.1. The van der Waals surface area contributed by atoms with Crippen LogP contribution >= 0.6 is 34.8 Å². The molecule has 2 aromatic carbocycles. The first-order chi connectivity index (χ1) is 9.45. The largest absolute Gasteiger partial charge is 0.381 e. The van der Waals surface area contributed by atoms with E-state index in [1.165, 1.54) is 12.1 Å². The van der Waals surface area contributed by atoms with Crippen molar-refractivity contribution < 1.29 is 4.39 Å². The highest BCUT2D eigenvalue weighted by atomic mass is 35.5. The van der Waals surface area contributed by atoms with E-state index in [1.807, 2.05) is 6.92 Å². The summed E-state index contributed by atoms with van der Waals surface area (Å²) in [6.07, 6.45) is 0.747. The van der Waals surface area contributed by atoms with Gasteiger partial charge in [-0.15, -0.1) is 0 Å². The minimum absolute atomic E-state index is 0.121. The minimum atomic E-state index is -0.234. The maximum atomic E-state index is 12.8.